The van der Waals surface area contributed by atoms with Crippen molar-refractivity contribution in [3.05, 3.63) is 58.7 Å². The van der Waals surface area contributed by atoms with Gasteiger partial charge in [0.2, 0.25) is 23.6 Å². The molecule has 2 aromatic rings. The van der Waals surface area contributed by atoms with Crippen LogP contribution in [0.5, 0.6) is 0 Å². The molecule has 0 saturated carbocycles. The minimum atomic E-state index is -1.20. The van der Waals surface area contributed by atoms with Gasteiger partial charge in [0.25, 0.3) is 5.91 Å². The second-order valence-electron chi connectivity index (χ2n) is 24.9. The average Bonchev–Trinajstić information content (AvgIpc) is 3.97. The van der Waals surface area contributed by atoms with Gasteiger partial charge in [-0.25, -0.2) is 14.5 Å². The van der Waals surface area contributed by atoms with E-state index in [-0.39, 0.29) is 55.6 Å². The third kappa shape index (κ3) is 13.9. The maximum Gasteiger partial charge on any atom is 0.410 e. The zero-order chi connectivity index (χ0) is 57.2. The summed E-state index contributed by atoms with van der Waals surface area (Å²) in [5.74, 6) is -0.854. The van der Waals surface area contributed by atoms with Crippen molar-refractivity contribution in [2.24, 2.45) is 11.8 Å². The number of carbonyl (C=O) groups excluding carboxylic acids is 7. The summed E-state index contributed by atoms with van der Waals surface area (Å²) >= 11 is 0. The molecule has 10 rings (SSSR count). The Morgan fingerprint density at radius 1 is 0.525 bits per heavy atom. The molecule has 22 nitrogen and oxygen atoms in total. The van der Waals surface area contributed by atoms with Gasteiger partial charge in [-0.1, -0.05) is 12.1 Å². The number of rotatable bonds is 10. The highest BCUT2D eigenvalue weighted by atomic mass is 16.6. The van der Waals surface area contributed by atoms with E-state index in [4.69, 9.17) is 9.47 Å². The minimum Gasteiger partial charge on any atom is -0.444 e. The number of piperidine rings is 4. The molecule has 2 aromatic carbocycles. The van der Waals surface area contributed by atoms with Crippen LogP contribution in [0.2, 0.25) is 0 Å². The van der Waals surface area contributed by atoms with Gasteiger partial charge in [0.15, 0.2) is 6.23 Å². The molecule has 0 spiro atoms. The Morgan fingerprint density at radius 2 is 0.950 bits per heavy atom. The molecule has 8 heterocycles. The van der Waals surface area contributed by atoms with Gasteiger partial charge in [0.05, 0.1) is 6.04 Å². The Bertz CT molecular complexity index is 2610. The summed E-state index contributed by atoms with van der Waals surface area (Å²) in [5.41, 5.74) is 3.09. The second-order valence-corrected chi connectivity index (χ2v) is 24.9. The fourth-order valence-corrected chi connectivity index (χ4v) is 12.4. The molecule has 80 heavy (non-hydrogen) atoms. The van der Waals surface area contributed by atoms with Crippen molar-refractivity contribution in [3.8, 4) is 0 Å². The SMILES string of the molecule is CC(C)(C)OC(=O)N1CCC(CCN2CCN(c3ccc4c(c3)C(=O)N(C3CCC(=O)NC3=O)C4O)CC2)CC1.CC(C)(C)OC(=O)N1CCC(CCN2CCN(c3ccc4c(c3)C(O)N(C3CCC(=O)NC3=O)C4O)CC2)CC1. The molecule has 6 fully saturated rings. The molecule has 5 N–H and O–H groups in total. The number of benzene rings is 2. The van der Waals surface area contributed by atoms with Crippen LogP contribution in [0.3, 0.4) is 0 Å². The van der Waals surface area contributed by atoms with E-state index in [0.29, 0.717) is 34.1 Å². The van der Waals surface area contributed by atoms with Crippen LogP contribution in [0.25, 0.3) is 0 Å². The zero-order valence-electron chi connectivity index (χ0n) is 47.6. The van der Waals surface area contributed by atoms with Crippen LogP contribution in [0, 0.1) is 11.8 Å². The number of amides is 7. The molecule has 0 aliphatic carbocycles. The Labute approximate surface area is 469 Å². The lowest BCUT2D eigenvalue weighted by Gasteiger charge is -2.38. The molecular formula is C58H84N10O12. The van der Waals surface area contributed by atoms with E-state index in [1.54, 1.807) is 6.07 Å². The summed E-state index contributed by atoms with van der Waals surface area (Å²) in [7, 11) is 0. The highest BCUT2D eigenvalue weighted by Gasteiger charge is 2.47. The lowest BCUT2D eigenvalue weighted by Crippen LogP contribution is -2.53. The predicted octanol–water partition coefficient (Wildman–Crippen LogP) is 4.05. The number of nitrogens with one attached hydrogen (secondary N) is 2. The lowest BCUT2D eigenvalue weighted by molar-refractivity contribution is -0.154. The fourth-order valence-electron chi connectivity index (χ4n) is 12.4. The first-order chi connectivity index (χ1) is 38.0. The van der Waals surface area contributed by atoms with E-state index >= 15 is 0 Å². The molecule has 8 aliphatic rings. The van der Waals surface area contributed by atoms with Gasteiger partial charge < -0.3 is 44.4 Å². The van der Waals surface area contributed by atoms with Crippen LogP contribution >= 0.6 is 0 Å². The van der Waals surface area contributed by atoms with Crippen LogP contribution in [-0.4, -0.2) is 201 Å². The summed E-state index contributed by atoms with van der Waals surface area (Å²) in [4.78, 5) is 101. The van der Waals surface area contributed by atoms with Crippen LogP contribution in [0.1, 0.15) is 151 Å². The van der Waals surface area contributed by atoms with Crippen molar-refractivity contribution in [2.45, 2.75) is 148 Å². The number of hydrogen-bond acceptors (Lipinski definition) is 17. The number of anilines is 2. The first-order valence-electron chi connectivity index (χ1n) is 29.0. The maximum absolute atomic E-state index is 13.2. The van der Waals surface area contributed by atoms with Gasteiger partial charge in [-0.2, -0.15) is 0 Å². The normalized spacial score (nSPS) is 25.9. The van der Waals surface area contributed by atoms with Gasteiger partial charge in [0.1, 0.15) is 29.7 Å². The second kappa shape index (κ2) is 24.7. The smallest absolute Gasteiger partial charge is 0.410 e. The Balaban J connectivity index is 0.000000194. The number of aliphatic hydroxyl groups excluding tert-OH is 3. The van der Waals surface area contributed by atoms with E-state index in [1.807, 2.05) is 81.7 Å². The number of nitrogens with zero attached hydrogens (tertiary/aromatic N) is 8. The number of piperazine rings is 2. The molecule has 438 valence electrons. The van der Waals surface area contributed by atoms with E-state index in [1.165, 1.54) is 9.80 Å². The third-order valence-corrected chi connectivity index (χ3v) is 17.1. The number of aliphatic hydroxyl groups is 3. The van der Waals surface area contributed by atoms with Gasteiger partial charge >= 0.3 is 12.2 Å². The number of fused-ring (bicyclic) bond motifs is 2. The number of ether oxygens (including phenoxy) is 2. The maximum atomic E-state index is 13.2. The van der Waals surface area contributed by atoms with Gasteiger partial charge in [-0.05, 0) is 142 Å². The summed E-state index contributed by atoms with van der Waals surface area (Å²) in [6.45, 7) is 23.6. The van der Waals surface area contributed by atoms with Crippen molar-refractivity contribution in [1.29, 1.82) is 0 Å². The van der Waals surface area contributed by atoms with Crippen LogP contribution in [0.15, 0.2) is 36.4 Å². The molecule has 0 radical (unpaired) electrons. The molecule has 0 aromatic heterocycles. The van der Waals surface area contributed by atoms with Crippen LogP contribution < -0.4 is 20.4 Å². The lowest BCUT2D eigenvalue weighted by atomic mass is 9.93. The molecule has 5 atom stereocenters. The van der Waals surface area contributed by atoms with Crippen molar-refractivity contribution in [1.82, 2.24) is 40.0 Å². The monoisotopic (exact) mass is 1110 g/mol. The summed E-state index contributed by atoms with van der Waals surface area (Å²) in [5, 5.41) is 37.4. The highest BCUT2D eigenvalue weighted by Crippen LogP contribution is 2.44. The molecule has 8 aliphatic heterocycles. The Hall–Kier alpha value is -5.91. The Kier molecular flexibility index (Phi) is 18.1. The van der Waals surface area contributed by atoms with E-state index in [9.17, 15) is 48.9 Å². The van der Waals surface area contributed by atoms with Crippen LogP contribution in [0.4, 0.5) is 21.0 Å². The van der Waals surface area contributed by atoms with Crippen LogP contribution in [-0.2, 0) is 28.7 Å². The fraction of sp³-hybridized carbons (Fsp3) is 0.672. The van der Waals surface area contributed by atoms with Gasteiger partial charge in [-0.15, -0.1) is 0 Å². The zero-order valence-corrected chi connectivity index (χ0v) is 47.6. The molecule has 22 heteroatoms. The molecular weight excluding hydrogens is 1030 g/mol. The van der Waals surface area contributed by atoms with E-state index < -0.39 is 53.8 Å². The molecule has 5 unspecified atom stereocenters. The standard InChI is InChI=1S/C29H43N5O6.C29H41N5O6/c2*1-29(2,3)40-28(39)33-12-9-19(10-13-33)8-11-31-14-16-32(17-15-31)20-4-5-21-22(18-20)27(38)34(26(21)37)23-6-7-24(35)30-25(23)36/h4-5,18-19,23,26-27,37-38H,6-17H2,1-3H3,(H,30,35,36);4-5,18-19,23,26,37H,6-17H2,1-3H3,(H,30,35,36). The topological polar surface area (TPSA) is 249 Å². The minimum absolute atomic E-state index is 0.143. The number of hydrogen-bond donors (Lipinski definition) is 5. The number of imide groups is 2. The summed E-state index contributed by atoms with van der Waals surface area (Å²) in [6.07, 6.45) is 3.24. The number of likely N-dealkylation sites (tertiary alicyclic amines) is 2. The molecule has 6 saturated heterocycles. The van der Waals surface area contributed by atoms with E-state index in [0.717, 1.165) is 142 Å². The highest BCUT2D eigenvalue weighted by molar-refractivity contribution is 6.06. The number of carbonyl (C=O) groups is 7. The predicted molar refractivity (Wildman–Crippen MR) is 296 cm³/mol. The van der Waals surface area contributed by atoms with Crippen molar-refractivity contribution in [2.75, 3.05) is 101 Å². The summed E-state index contributed by atoms with van der Waals surface area (Å²) in [6, 6.07) is 9.63. The first-order valence-corrected chi connectivity index (χ1v) is 29.0. The Morgan fingerprint density at radius 3 is 1.40 bits per heavy atom. The van der Waals surface area contributed by atoms with Crippen molar-refractivity contribution in [3.63, 3.8) is 0 Å². The van der Waals surface area contributed by atoms with Gasteiger partial charge in [-0.3, -0.25) is 49.3 Å². The average molecular weight is 1110 g/mol. The van der Waals surface area contributed by atoms with E-state index in [2.05, 4.69) is 30.2 Å². The largest absolute Gasteiger partial charge is 0.444 e. The van der Waals surface area contributed by atoms with Crippen molar-refractivity contribution >= 4 is 53.1 Å². The van der Waals surface area contributed by atoms with Gasteiger partial charge in [0, 0.05) is 125 Å². The molecule has 7 amide bonds. The third-order valence-electron chi connectivity index (χ3n) is 17.1. The molecule has 0 bridgehead atoms. The quantitative estimate of drug-likeness (QED) is 0.211. The first kappa shape index (κ1) is 58.7. The summed E-state index contributed by atoms with van der Waals surface area (Å²) < 4.78 is 11.0. The van der Waals surface area contributed by atoms with Crippen molar-refractivity contribution < 1.29 is 58.4 Å².